The predicted octanol–water partition coefficient (Wildman–Crippen LogP) is 2.07. The lowest BCUT2D eigenvalue weighted by atomic mass is 10.2. The maximum atomic E-state index is 4.22. The molecule has 68 valence electrons. The molecule has 0 saturated carbocycles. The lowest BCUT2D eigenvalue weighted by Crippen LogP contribution is -1.98. The Bertz CT molecular complexity index is 409. The fourth-order valence-corrected chi connectivity index (χ4v) is 2.61. The van der Waals surface area contributed by atoms with E-state index in [1.165, 1.54) is 17.3 Å². The van der Waals surface area contributed by atoms with E-state index in [0.29, 0.717) is 10.9 Å². The maximum Gasteiger partial charge on any atom is 0.132 e. The molecule has 2 nitrogen and oxygen atoms in total. The van der Waals surface area contributed by atoms with Crippen LogP contribution in [0.3, 0.4) is 0 Å². The smallest absolute Gasteiger partial charge is 0.132 e. The number of hydrogen-bond donors (Lipinski definition) is 0. The predicted molar refractivity (Wildman–Crippen MR) is 60.3 cm³/mol. The van der Waals surface area contributed by atoms with Crippen LogP contribution in [-0.2, 0) is 16.6 Å². The first kappa shape index (κ1) is 8.97. The highest BCUT2D eigenvalue weighted by Crippen LogP contribution is 2.15. The van der Waals surface area contributed by atoms with Gasteiger partial charge >= 0.3 is 0 Å². The van der Waals surface area contributed by atoms with Gasteiger partial charge in [0.1, 0.15) is 16.8 Å². The molecule has 4 heteroatoms. The summed E-state index contributed by atoms with van der Waals surface area (Å²) in [5, 5.41) is 0. The van der Waals surface area contributed by atoms with Crippen LogP contribution >= 0.6 is 11.7 Å². The minimum Gasteiger partial charge on any atom is -0.173 e. The topological polar surface area (TPSA) is 25.8 Å². The Balaban J connectivity index is 2.37. The van der Waals surface area contributed by atoms with E-state index in [-0.39, 0.29) is 0 Å². The van der Waals surface area contributed by atoms with Gasteiger partial charge < -0.3 is 0 Å². The summed E-state index contributed by atoms with van der Waals surface area (Å²) < 4.78 is 8.39. The number of nitrogens with zero attached hydrogens (tertiary/aromatic N) is 2. The van der Waals surface area contributed by atoms with Crippen molar-refractivity contribution < 1.29 is 0 Å². The van der Waals surface area contributed by atoms with Gasteiger partial charge in [-0.1, -0.05) is 6.07 Å². The molecule has 0 spiro atoms. The second kappa shape index (κ2) is 3.64. The number of fused-ring (bicyclic) bond motifs is 1. The van der Waals surface area contributed by atoms with Gasteiger partial charge in [0.15, 0.2) is 0 Å². The second-order valence-corrected chi connectivity index (χ2v) is 6.01. The zero-order valence-electron chi connectivity index (χ0n) is 7.65. The molecule has 0 amide bonds. The van der Waals surface area contributed by atoms with E-state index in [2.05, 4.69) is 39.5 Å². The monoisotopic (exact) mass is 211 g/mol. The average molecular weight is 211 g/mol. The van der Waals surface area contributed by atoms with Gasteiger partial charge in [-0.2, -0.15) is 8.75 Å². The first-order valence-electron chi connectivity index (χ1n) is 4.01. The van der Waals surface area contributed by atoms with Crippen LogP contribution in [0.4, 0.5) is 0 Å². The minimum atomic E-state index is 0.458. The number of benzene rings is 1. The summed E-state index contributed by atoms with van der Waals surface area (Å²) in [5.41, 5.74) is 3.42. The van der Waals surface area contributed by atoms with Crippen LogP contribution in [0.2, 0.25) is 0 Å². The van der Waals surface area contributed by atoms with Crippen molar-refractivity contribution in [2.75, 3.05) is 12.5 Å². The molecule has 1 heterocycles. The fourth-order valence-electron chi connectivity index (χ4n) is 1.25. The SMILES string of the molecule is C[S+](C)Cc1ccc2nsnc2c1. The van der Waals surface area contributed by atoms with E-state index in [9.17, 15) is 0 Å². The number of aromatic nitrogens is 2. The van der Waals surface area contributed by atoms with Gasteiger partial charge in [0.05, 0.1) is 24.2 Å². The molecule has 0 saturated heterocycles. The van der Waals surface area contributed by atoms with Gasteiger partial charge in [-0.15, -0.1) is 0 Å². The summed E-state index contributed by atoms with van der Waals surface area (Å²) in [6, 6.07) is 6.35. The molecule has 0 radical (unpaired) electrons. The van der Waals surface area contributed by atoms with Crippen molar-refractivity contribution in [3.05, 3.63) is 23.8 Å². The normalized spacial score (nSPS) is 11.3. The van der Waals surface area contributed by atoms with Crippen LogP contribution in [0.25, 0.3) is 11.0 Å². The average Bonchev–Trinajstić information content (AvgIpc) is 2.49. The van der Waals surface area contributed by atoms with Gasteiger partial charge in [-0.3, -0.25) is 0 Å². The van der Waals surface area contributed by atoms with Gasteiger partial charge in [-0.25, -0.2) is 0 Å². The Morgan fingerprint density at radius 3 is 2.77 bits per heavy atom. The van der Waals surface area contributed by atoms with E-state index >= 15 is 0 Å². The second-order valence-electron chi connectivity index (χ2n) is 3.22. The molecular weight excluding hydrogens is 200 g/mol. The van der Waals surface area contributed by atoms with E-state index in [4.69, 9.17) is 0 Å². The molecule has 1 aromatic carbocycles. The summed E-state index contributed by atoms with van der Waals surface area (Å²) in [6.45, 7) is 0. The molecule has 2 rings (SSSR count). The van der Waals surface area contributed by atoms with Crippen LogP contribution in [-0.4, -0.2) is 21.3 Å². The maximum absolute atomic E-state index is 4.22. The summed E-state index contributed by atoms with van der Waals surface area (Å²) in [5.74, 6) is 1.15. The van der Waals surface area contributed by atoms with Gasteiger partial charge in [-0.05, 0) is 23.0 Å². The van der Waals surface area contributed by atoms with Crippen molar-refractivity contribution in [1.29, 1.82) is 0 Å². The Kier molecular flexibility index (Phi) is 2.51. The van der Waals surface area contributed by atoms with Crippen molar-refractivity contribution in [2.24, 2.45) is 0 Å². The first-order chi connectivity index (χ1) is 6.25. The van der Waals surface area contributed by atoms with Crippen molar-refractivity contribution >= 4 is 33.7 Å². The van der Waals surface area contributed by atoms with Crippen LogP contribution in [0.5, 0.6) is 0 Å². The lowest BCUT2D eigenvalue weighted by molar-refractivity contribution is 1.41. The summed E-state index contributed by atoms with van der Waals surface area (Å²) in [4.78, 5) is 0. The van der Waals surface area contributed by atoms with Gasteiger partial charge in [0, 0.05) is 5.56 Å². The van der Waals surface area contributed by atoms with Crippen molar-refractivity contribution in [3.63, 3.8) is 0 Å². The molecule has 0 bridgehead atoms. The van der Waals surface area contributed by atoms with Gasteiger partial charge in [0.2, 0.25) is 0 Å². The van der Waals surface area contributed by atoms with Crippen LogP contribution in [0.1, 0.15) is 5.56 Å². The summed E-state index contributed by atoms with van der Waals surface area (Å²) in [6.07, 6.45) is 4.51. The Hall–Kier alpha value is -0.610. The molecule has 0 aliphatic heterocycles. The van der Waals surface area contributed by atoms with Crippen molar-refractivity contribution in [1.82, 2.24) is 8.75 Å². The molecule has 0 fully saturated rings. The molecule has 2 aromatic rings. The lowest BCUT2D eigenvalue weighted by Gasteiger charge is -1.97. The quantitative estimate of drug-likeness (QED) is 0.711. The molecule has 1 aromatic heterocycles. The van der Waals surface area contributed by atoms with Crippen molar-refractivity contribution in [2.45, 2.75) is 5.75 Å². The molecule has 0 unspecified atom stereocenters. The zero-order valence-corrected chi connectivity index (χ0v) is 9.28. The summed E-state index contributed by atoms with van der Waals surface area (Å²) >= 11 is 1.28. The van der Waals surface area contributed by atoms with E-state index in [1.54, 1.807) is 0 Å². The van der Waals surface area contributed by atoms with E-state index in [0.717, 1.165) is 16.8 Å². The highest BCUT2D eigenvalue weighted by molar-refractivity contribution is 7.94. The molecule has 13 heavy (non-hydrogen) atoms. The highest BCUT2D eigenvalue weighted by atomic mass is 32.2. The molecular formula is C9H11N2S2+. The molecule has 0 atom stereocenters. The third-order valence-corrected chi connectivity index (χ3v) is 3.24. The Labute approximate surface area is 84.7 Å². The van der Waals surface area contributed by atoms with Crippen LogP contribution in [0.15, 0.2) is 18.2 Å². The molecule has 0 N–H and O–H groups in total. The van der Waals surface area contributed by atoms with Crippen molar-refractivity contribution in [3.8, 4) is 0 Å². The Morgan fingerprint density at radius 1 is 1.23 bits per heavy atom. The van der Waals surface area contributed by atoms with E-state index in [1.807, 2.05) is 0 Å². The standard InChI is InChI=1S/C9H11N2S2/c1-13(2)6-7-3-4-8-9(5-7)11-12-10-8/h3-5H,6H2,1-2H3/q+1. The summed E-state index contributed by atoms with van der Waals surface area (Å²) in [7, 11) is 0.458. The van der Waals surface area contributed by atoms with Crippen LogP contribution in [0, 0.1) is 0 Å². The third kappa shape index (κ3) is 2.00. The van der Waals surface area contributed by atoms with Crippen LogP contribution < -0.4 is 0 Å². The number of rotatable bonds is 2. The number of hydrogen-bond acceptors (Lipinski definition) is 3. The fraction of sp³-hybridized carbons (Fsp3) is 0.333. The largest absolute Gasteiger partial charge is 0.173 e. The minimum absolute atomic E-state index is 0.458. The molecule has 0 aliphatic carbocycles. The first-order valence-corrected chi connectivity index (χ1v) is 6.95. The Morgan fingerprint density at radius 2 is 2.00 bits per heavy atom. The van der Waals surface area contributed by atoms with E-state index < -0.39 is 0 Å². The highest BCUT2D eigenvalue weighted by Gasteiger charge is 2.06. The zero-order chi connectivity index (χ0) is 9.26. The van der Waals surface area contributed by atoms with Gasteiger partial charge in [0.25, 0.3) is 0 Å². The third-order valence-electron chi connectivity index (χ3n) is 1.77. The molecule has 0 aliphatic rings.